The van der Waals surface area contributed by atoms with Crippen LogP contribution in [0.5, 0.6) is 0 Å². The maximum absolute atomic E-state index is 5.78. The topological polar surface area (TPSA) is 50.1 Å². The van der Waals surface area contributed by atoms with Gasteiger partial charge in [0.2, 0.25) is 0 Å². The molecule has 13 heavy (non-hydrogen) atoms. The summed E-state index contributed by atoms with van der Waals surface area (Å²) in [4.78, 5) is 0. The second-order valence-corrected chi connectivity index (χ2v) is 4.00. The summed E-state index contributed by atoms with van der Waals surface area (Å²) in [6, 6.07) is 0.635. The zero-order valence-corrected chi connectivity index (χ0v) is 8.64. The molecule has 0 aliphatic carbocycles. The highest BCUT2D eigenvalue weighted by molar-refractivity contribution is 4.98. The van der Waals surface area contributed by atoms with E-state index in [-0.39, 0.29) is 0 Å². The van der Waals surface area contributed by atoms with Gasteiger partial charge in [-0.05, 0) is 25.3 Å². The van der Waals surface area contributed by atoms with Crippen LogP contribution >= 0.6 is 0 Å². The van der Waals surface area contributed by atoms with E-state index >= 15 is 0 Å². The Morgan fingerprint density at radius 3 is 3.00 bits per heavy atom. The highest BCUT2D eigenvalue weighted by Gasteiger charge is 2.12. The predicted molar refractivity (Wildman–Crippen MR) is 56.1 cm³/mol. The molecule has 4 N–H and O–H groups in total. The van der Waals surface area contributed by atoms with E-state index < -0.39 is 0 Å². The summed E-state index contributed by atoms with van der Waals surface area (Å²) in [5, 5.41) is 6.69. The van der Waals surface area contributed by atoms with Gasteiger partial charge in [-0.25, -0.2) is 0 Å². The molecule has 0 bridgehead atoms. The molecule has 0 aromatic heterocycles. The molecule has 0 amide bonds. The van der Waals surface area contributed by atoms with Gasteiger partial charge in [0.25, 0.3) is 0 Å². The Morgan fingerprint density at radius 2 is 2.46 bits per heavy atom. The van der Waals surface area contributed by atoms with Crippen molar-refractivity contribution >= 4 is 0 Å². The van der Waals surface area contributed by atoms with Gasteiger partial charge in [0, 0.05) is 24.5 Å². The van der Waals surface area contributed by atoms with Crippen LogP contribution in [0.3, 0.4) is 0 Å². The first kappa shape index (κ1) is 10.4. The van der Waals surface area contributed by atoms with Crippen molar-refractivity contribution in [3.8, 4) is 0 Å². The van der Waals surface area contributed by atoms with Gasteiger partial charge in [-0.3, -0.25) is 0 Å². The molecular formula is C10H21N3. The van der Waals surface area contributed by atoms with Crippen LogP contribution in [0.1, 0.15) is 26.7 Å². The van der Waals surface area contributed by atoms with E-state index in [1.165, 1.54) is 12.8 Å². The van der Waals surface area contributed by atoms with E-state index in [1.54, 1.807) is 0 Å². The highest BCUT2D eigenvalue weighted by atomic mass is 15.0. The molecule has 0 spiro atoms. The summed E-state index contributed by atoms with van der Waals surface area (Å²) in [6.45, 7) is 6.35. The van der Waals surface area contributed by atoms with E-state index in [0.717, 1.165) is 18.8 Å². The summed E-state index contributed by atoms with van der Waals surface area (Å²) in [5.74, 6) is 0.434. The SMILES string of the molecule is CC(C)/C(N)=C/NC[C@H]1CCCN1. The molecular weight excluding hydrogens is 162 g/mol. The lowest BCUT2D eigenvalue weighted by atomic mass is 10.1. The van der Waals surface area contributed by atoms with Crippen molar-refractivity contribution in [2.45, 2.75) is 32.7 Å². The van der Waals surface area contributed by atoms with E-state index in [9.17, 15) is 0 Å². The fourth-order valence-electron chi connectivity index (χ4n) is 1.42. The second-order valence-electron chi connectivity index (χ2n) is 4.00. The van der Waals surface area contributed by atoms with Gasteiger partial charge in [0.15, 0.2) is 0 Å². The number of nitrogens with one attached hydrogen (secondary N) is 2. The third kappa shape index (κ3) is 3.68. The summed E-state index contributed by atoms with van der Waals surface area (Å²) in [7, 11) is 0. The van der Waals surface area contributed by atoms with Gasteiger partial charge in [0.05, 0.1) is 0 Å². The van der Waals surface area contributed by atoms with Gasteiger partial charge >= 0.3 is 0 Å². The number of nitrogens with two attached hydrogens (primary N) is 1. The molecule has 1 aliphatic heterocycles. The molecule has 76 valence electrons. The van der Waals surface area contributed by atoms with Crippen molar-refractivity contribution in [3.63, 3.8) is 0 Å². The minimum Gasteiger partial charge on any atom is -0.401 e. The standard InChI is InChI=1S/C10H21N3/c1-8(2)10(11)7-12-6-9-4-3-5-13-9/h7-9,12-13H,3-6,11H2,1-2H3/b10-7-/t9-/m1/s1. The molecule has 0 aromatic carbocycles. The van der Waals surface area contributed by atoms with Crippen molar-refractivity contribution in [1.29, 1.82) is 0 Å². The molecule has 0 unspecified atom stereocenters. The summed E-state index contributed by atoms with van der Waals surface area (Å²) in [6.07, 6.45) is 4.52. The fraction of sp³-hybridized carbons (Fsp3) is 0.800. The Hall–Kier alpha value is -0.700. The number of hydrogen-bond acceptors (Lipinski definition) is 3. The van der Waals surface area contributed by atoms with Gasteiger partial charge < -0.3 is 16.4 Å². The molecule has 0 aromatic rings. The smallest absolute Gasteiger partial charge is 0.0296 e. The van der Waals surface area contributed by atoms with Crippen LogP contribution in [0.15, 0.2) is 11.9 Å². The fourth-order valence-corrected chi connectivity index (χ4v) is 1.42. The van der Waals surface area contributed by atoms with E-state index in [0.29, 0.717) is 12.0 Å². The first-order valence-electron chi connectivity index (χ1n) is 5.12. The minimum absolute atomic E-state index is 0.434. The van der Waals surface area contributed by atoms with Crippen LogP contribution in [-0.2, 0) is 0 Å². The average Bonchev–Trinajstić information content (AvgIpc) is 2.56. The zero-order valence-electron chi connectivity index (χ0n) is 8.64. The average molecular weight is 183 g/mol. The molecule has 1 atom stereocenters. The van der Waals surface area contributed by atoms with E-state index in [1.807, 2.05) is 6.20 Å². The number of rotatable bonds is 4. The molecule has 1 rings (SSSR count). The van der Waals surface area contributed by atoms with E-state index in [4.69, 9.17) is 5.73 Å². The molecule has 1 aliphatic rings. The van der Waals surface area contributed by atoms with Gasteiger partial charge in [0.1, 0.15) is 0 Å². The van der Waals surface area contributed by atoms with Gasteiger partial charge in [-0.1, -0.05) is 13.8 Å². The molecule has 3 nitrogen and oxygen atoms in total. The molecule has 1 fully saturated rings. The third-order valence-corrected chi connectivity index (χ3v) is 2.46. The summed E-state index contributed by atoms with van der Waals surface area (Å²) >= 11 is 0. The van der Waals surface area contributed by atoms with Crippen LogP contribution in [0.25, 0.3) is 0 Å². The third-order valence-electron chi connectivity index (χ3n) is 2.46. The van der Waals surface area contributed by atoms with Crippen molar-refractivity contribution in [3.05, 3.63) is 11.9 Å². The predicted octanol–water partition coefficient (Wildman–Crippen LogP) is 0.784. The van der Waals surface area contributed by atoms with Crippen LogP contribution in [0.2, 0.25) is 0 Å². The Labute approximate surface area is 80.8 Å². The quantitative estimate of drug-likeness (QED) is 0.604. The first-order valence-corrected chi connectivity index (χ1v) is 5.12. The Morgan fingerprint density at radius 1 is 1.69 bits per heavy atom. The van der Waals surface area contributed by atoms with Crippen molar-refractivity contribution in [2.75, 3.05) is 13.1 Å². The van der Waals surface area contributed by atoms with Crippen molar-refractivity contribution < 1.29 is 0 Å². The van der Waals surface area contributed by atoms with Crippen LogP contribution in [0, 0.1) is 5.92 Å². The number of hydrogen-bond donors (Lipinski definition) is 3. The molecule has 0 saturated carbocycles. The van der Waals surface area contributed by atoms with Crippen molar-refractivity contribution in [1.82, 2.24) is 10.6 Å². The van der Waals surface area contributed by atoms with Crippen LogP contribution < -0.4 is 16.4 Å². The molecule has 0 radical (unpaired) electrons. The molecule has 1 saturated heterocycles. The lowest BCUT2D eigenvalue weighted by molar-refractivity contribution is 0.575. The number of allylic oxidation sites excluding steroid dienone is 1. The van der Waals surface area contributed by atoms with Gasteiger partial charge in [-0.2, -0.15) is 0 Å². The maximum Gasteiger partial charge on any atom is 0.0296 e. The summed E-state index contributed by atoms with van der Waals surface area (Å²) in [5.41, 5.74) is 6.71. The Bertz CT molecular complexity index is 169. The second kappa shape index (κ2) is 5.12. The zero-order chi connectivity index (χ0) is 9.68. The maximum atomic E-state index is 5.78. The monoisotopic (exact) mass is 183 g/mol. The molecule has 1 heterocycles. The normalized spacial score (nSPS) is 23.9. The molecule has 3 heteroatoms. The van der Waals surface area contributed by atoms with E-state index in [2.05, 4.69) is 24.5 Å². The van der Waals surface area contributed by atoms with Crippen molar-refractivity contribution in [2.24, 2.45) is 11.7 Å². The lowest BCUT2D eigenvalue weighted by Gasteiger charge is -2.11. The Balaban J connectivity index is 2.15. The highest BCUT2D eigenvalue weighted by Crippen LogP contribution is 2.04. The van der Waals surface area contributed by atoms with Gasteiger partial charge in [-0.15, -0.1) is 0 Å². The Kier molecular flexibility index (Phi) is 4.09. The minimum atomic E-state index is 0.434. The van der Waals surface area contributed by atoms with Crippen LogP contribution in [-0.4, -0.2) is 19.1 Å². The first-order chi connectivity index (χ1) is 6.20. The van der Waals surface area contributed by atoms with Crippen LogP contribution in [0.4, 0.5) is 0 Å². The largest absolute Gasteiger partial charge is 0.401 e. The summed E-state index contributed by atoms with van der Waals surface area (Å²) < 4.78 is 0. The lowest BCUT2D eigenvalue weighted by Crippen LogP contribution is -2.32.